The molecule has 44 heavy (non-hydrogen) atoms. The van der Waals surface area contributed by atoms with Crippen molar-refractivity contribution in [1.82, 2.24) is 5.32 Å². The molecule has 0 radical (unpaired) electrons. The monoisotopic (exact) mass is 649 g/mol. The summed E-state index contributed by atoms with van der Waals surface area (Å²) in [7, 11) is 3.07. The third kappa shape index (κ3) is 8.79. The molecule has 3 amide bonds. The maximum Gasteiger partial charge on any atom is 0.272 e. The first-order valence-electron chi connectivity index (χ1n) is 13.3. The average Bonchev–Trinajstić information content (AvgIpc) is 3.02. The number of nitrogens with one attached hydrogen (secondary N) is 3. The molecule has 0 saturated heterocycles. The normalized spacial score (nSPS) is 11.7. The molecule has 0 aliphatic heterocycles. The average molecular weight is 651 g/mol. The molecule has 4 rings (SSSR count). The molecule has 0 spiro atoms. The number of rotatable bonds is 11. The van der Waals surface area contributed by atoms with Crippen LogP contribution in [0.3, 0.4) is 0 Å². The van der Waals surface area contributed by atoms with Crippen molar-refractivity contribution in [2.75, 3.05) is 24.9 Å². The van der Waals surface area contributed by atoms with E-state index < -0.39 is 17.1 Å². The minimum atomic E-state index is -0.592. The van der Waals surface area contributed by atoms with Crippen molar-refractivity contribution in [2.45, 2.75) is 17.1 Å². The molecule has 8 nitrogen and oxygen atoms in total. The minimum absolute atomic E-state index is 0.0617. The van der Waals surface area contributed by atoms with Crippen LogP contribution in [0.5, 0.6) is 11.5 Å². The van der Waals surface area contributed by atoms with E-state index in [2.05, 4.69) is 16.0 Å². The molecule has 0 heterocycles. The van der Waals surface area contributed by atoms with Gasteiger partial charge in [-0.2, -0.15) is 0 Å². The lowest BCUT2D eigenvalue weighted by molar-refractivity contribution is -0.115. The van der Waals surface area contributed by atoms with E-state index in [0.717, 1.165) is 4.90 Å². The van der Waals surface area contributed by atoms with Crippen LogP contribution < -0.4 is 25.4 Å². The number of ether oxygens (including phenoxy) is 2. The SMILES string of the molecule is COc1cc(NC(=O)C(C)Sc2cccc(NC(=O)/C(=C\c3c(Cl)cccc3Cl)NC(=O)c3ccccc3)c2)cc(OC)c1. The summed E-state index contributed by atoms with van der Waals surface area (Å²) in [5.41, 5.74) is 1.68. The Labute approximate surface area is 269 Å². The summed E-state index contributed by atoms with van der Waals surface area (Å²) in [5, 5.41) is 8.51. The Balaban J connectivity index is 1.50. The van der Waals surface area contributed by atoms with Crippen molar-refractivity contribution in [2.24, 2.45) is 0 Å². The summed E-state index contributed by atoms with van der Waals surface area (Å²) in [6.07, 6.45) is 1.43. The van der Waals surface area contributed by atoms with Gasteiger partial charge in [0, 0.05) is 55.6 Å². The second-order valence-electron chi connectivity index (χ2n) is 9.35. The molecule has 0 fully saturated rings. The van der Waals surface area contributed by atoms with E-state index in [-0.39, 0.29) is 11.6 Å². The quantitative estimate of drug-likeness (QED) is 0.114. The highest BCUT2D eigenvalue weighted by molar-refractivity contribution is 8.00. The van der Waals surface area contributed by atoms with Gasteiger partial charge in [-0.25, -0.2) is 0 Å². The topological polar surface area (TPSA) is 106 Å². The van der Waals surface area contributed by atoms with E-state index in [9.17, 15) is 14.4 Å². The van der Waals surface area contributed by atoms with Crippen LogP contribution in [0, 0.1) is 0 Å². The Bertz CT molecular complexity index is 1660. The number of carbonyl (C=O) groups excluding carboxylic acids is 3. The molecule has 4 aromatic rings. The zero-order valence-electron chi connectivity index (χ0n) is 24.0. The van der Waals surface area contributed by atoms with Gasteiger partial charge in [-0.1, -0.05) is 53.5 Å². The van der Waals surface area contributed by atoms with Crippen molar-refractivity contribution in [3.05, 3.63) is 118 Å². The number of benzene rings is 4. The zero-order valence-corrected chi connectivity index (χ0v) is 26.3. The van der Waals surface area contributed by atoms with Crippen molar-refractivity contribution < 1.29 is 23.9 Å². The highest BCUT2D eigenvalue weighted by Crippen LogP contribution is 2.30. The molecule has 11 heteroatoms. The van der Waals surface area contributed by atoms with Crippen LogP contribution in [0.1, 0.15) is 22.8 Å². The van der Waals surface area contributed by atoms with Gasteiger partial charge in [0.15, 0.2) is 0 Å². The molecule has 0 saturated carbocycles. The fourth-order valence-electron chi connectivity index (χ4n) is 3.96. The summed E-state index contributed by atoms with van der Waals surface area (Å²) in [6.45, 7) is 1.77. The summed E-state index contributed by atoms with van der Waals surface area (Å²) in [6, 6.07) is 25.6. The highest BCUT2D eigenvalue weighted by Gasteiger charge is 2.19. The van der Waals surface area contributed by atoms with Crippen LogP contribution in [-0.2, 0) is 9.59 Å². The predicted octanol–water partition coefficient (Wildman–Crippen LogP) is 7.54. The zero-order chi connectivity index (χ0) is 31.6. The van der Waals surface area contributed by atoms with E-state index in [1.54, 1.807) is 91.9 Å². The van der Waals surface area contributed by atoms with Crippen LogP contribution >= 0.6 is 35.0 Å². The Kier molecular flexibility index (Phi) is 11.3. The lowest BCUT2D eigenvalue weighted by Crippen LogP contribution is -2.30. The number of amides is 3. The van der Waals surface area contributed by atoms with Gasteiger partial charge in [-0.3, -0.25) is 14.4 Å². The van der Waals surface area contributed by atoms with Crippen molar-refractivity contribution in [1.29, 1.82) is 0 Å². The van der Waals surface area contributed by atoms with Crippen LogP contribution in [0.4, 0.5) is 11.4 Å². The van der Waals surface area contributed by atoms with Gasteiger partial charge in [0.1, 0.15) is 17.2 Å². The maximum atomic E-state index is 13.5. The summed E-state index contributed by atoms with van der Waals surface area (Å²) in [4.78, 5) is 40.1. The Hall–Kier alpha value is -4.44. The molecule has 0 aromatic heterocycles. The number of methoxy groups -OCH3 is 2. The Morgan fingerprint density at radius 1 is 0.773 bits per heavy atom. The van der Waals surface area contributed by atoms with Gasteiger partial charge in [-0.15, -0.1) is 11.8 Å². The summed E-state index contributed by atoms with van der Waals surface area (Å²) < 4.78 is 10.5. The van der Waals surface area contributed by atoms with E-state index >= 15 is 0 Å². The number of hydrogen-bond acceptors (Lipinski definition) is 6. The van der Waals surface area contributed by atoms with Gasteiger partial charge in [-0.05, 0) is 55.5 Å². The molecule has 0 aliphatic rings. The van der Waals surface area contributed by atoms with E-state index in [4.69, 9.17) is 32.7 Å². The second-order valence-corrected chi connectivity index (χ2v) is 11.6. The fraction of sp³-hybridized carbons (Fsp3) is 0.121. The molecule has 0 bridgehead atoms. The predicted molar refractivity (Wildman–Crippen MR) is 177 cm³/mol. The summed E-state index contributed by atoms with van der Waals surface area (Å²) >= 11 is 14.0. The lowest BCUT2D eigenvalue weighted by atomic mass is 10.1. The van der Waals surface area contributed by atoms with Crippen molar-refractivity contribution in [3.8, 4) is 11.5 Å². The first-order chi connectivity index (χ1) is 21.2. The molecule has 4 aromatic carbocycles. The standard InChI is InChI=1S/C33H29Cl2N3O5S/c1-20(31(39)37-23-15-24(42-2)18-25(16-23)43-3)44-26-12-7-11-22(17-26)36-33(41)30(19-27-28(34)13-8-14-29(27)35)38-32(40)21-9-5-4-6-10-21/h4-20H,1-3H3,(H,36,41)(H,37,39)(H,38,40)/b30-19+. The van der Waals surface area contributed by atoms with Crippen LogP contribution in [0.25, 0.3) is 6.08 Å². The Morgan fingerprint density at radius 3 is 2.05 bits per heavy atom. The molecule has 1 atom stereocenters. The van der Waals surface area contributed by atoms with Gasteiger partial charge >= 0.3 is 0 Å². The van der Waals surface area contributed by atoms with Gasteiger partial charge in [0.2, 0.25) is 5.91 Å². The number of anilines is 2. The smallest absolute Gasteiger partial charge is 0.272 e. The third-order valence-electron chi connectivity index (χ3n) is 6.21. The van der Waals surface area contributed by atoms with E-state index in [0.29, 0.717) is 44.0 Å². The van der Waals surface area contributed by atoms with Crippen LogP contribution in [0.2, 0.25) is 10.0 Å². The van der Waals surface area contributed by atoms with Crippen LogP contribution in [0.15, 0.2) is 102 Å². The molecule has 3 N–H and O–H groups in total. The third-order valence-corrected chi connectivity index (χ3v) is 7.96. The largest absolute Gasteiger partial charge is 0.497 e. The van der Waals surface area contributed by atoms with E-state index in [1.165, 1.54) is 32.1 Å². The molecule has 0 aliphatic carbocycles. The maximum absolute atomic E-state index is 13.5. The first kappa shape index (κ1) is 32.5. The molecular weight excluding hydrogens is 621 g/mol. The van der Waals surface area contributed by atoms with Gasteiger partial charge in [0.05, 0.1) is 19.5 Å². The minimum Gasteiger partial charge on any atom is -0.497 e. The highest BCUT2D eigenvalue weighted by atomic mass is 35.5. The van der Waals surface area contributed by atoms with Crippen LogP contribution in [-0.4, -0.2) is 37.2 Å². The number of carbonyl (C=O) groups is 3. The van der Waals surface area contributed by atoms with Gasteiger partial charge < -0.3 is 25.4 Å². The first-order valence-corrected chi connectivity index (χ1v) is 14.9. The number of thioether (sulfide) groups is 1. The van der Waals surface area contributed by atoms with Crippen molar-refractivity contribution in [3.63, 3.8) is 0 Å². The van der Waals surface area contributed by atoms with Gasteiger partial charge in [0.25, 0.3) is 11.8 Å². The fourth-order valence-corrected chi connectivity index (χ4v) is 5.39. The van der Waals surface area contributed by atoms with Crippen molar-refractivity contribution >= 4 is 70.1 Å². The summed E-state index contributed by atoms with van der Waals surface area (Å²) in [5.74, 6) is -0.203. The lowest BCUT2D eigenvalue weighted by Gasteiger charge is -2.15. The molecule has 1 unspecified atom stereocenters. The molecular formula is C33H29Cl2N3O5S. The second kappa shape index (κ2) is 15.3. The Morgan fingerprint density at radius 2 is 1.41 bits per heavy atom. The number of hydrogen-bond donors (Lipinski definition) is 3. The number of halogens is 2. The van der Waals surface area contributed by atoms with E-state index in [1.807, 2.05) is 6.07 Å². The molecule has 226 valence electrons.